The minimum Gasteiger partial charge on any atom is -0.103 e. The summed E-state index contributed by atoms with van der Waals surface area (Å²) in [5.41, 5.74) is 0.749. The maximum absolute atomic E-state index is 4.00. The number of fused-ring (bicyclic) bond motifs is 3. The lowest BCUT2D eigenvalue weighted by Crippen LogP contribution is -2.42. The molecule has 164 valence electrons. The van der Waals surface area contributed by atoms with E-state index < -0.39 is 0 Å². The van der Waals surface area contributed by atoms with Crippen molar-refractivity contribution >= 4 is 0 Å². The Labute approximate surface area is 181 Å². The summed E-state index contributed by atoms with van der Waals surface area (Å²) in [6, 6.07) is 0. The van der Waals surface area contributed by atoms with Crippen LogP contribution in [0.5, 0.6) is 0 Å². The van der Waals surface area contributed by atoms with E-state index in [9.17, 15) is 0 Å². The van der Waals surface area contributed by atoms with Gasteiger partial charge in [-0.2, -0.15) is 0 Å². The van der Waals surface area contributed by atoms with E-state index in [0.29, 0.717) is 0 Å². The monoisotopic (exact) mass is 396 g/mol. The first-order valence-electron chi connectivity index (χ1n) is 13.7. The lowest BCUT2D eigenvalue weighted by atomic mass is 9.56. The first kappa shape index (κ1) is 20.6. The van der Waals surface area contributed by atoms with Gasteiger partial charge in [-0.15, -0.1) is 6.58 Å². The fourth-order valence-electron chi connectivity index (χ4n) is 10.2. The standard InChI is InChI=1S/C29H48/c1-4-5-8-22-11-12-23(19-22)29(15-6-7-16-29)28-26-17-20(2)9-13-24(26)25-14-10-21(3)18-27(25)28/h4,20-28H,1,5-19H2,2-3H3. The Balaban J connectivity index is 1.45. The Bertz CT molecular complexity index is 543. The predicted molar refractivity (Wildman–Crippen MR) is 125 cm³/mol. The van der Waals surface area contributed by atoms with E-state index in [2.05, 4.69) is 26.5 Å². The molecule has 0 saturated heterocycles. The van der Waals surface area contributed by atoms with Crippen molar-refractivity contribution < 1.29 is 0 Å². The summed E-state index contributed by atoms with van der Waals surface area (Å²) in [4.78, 5) is 0. The van der Waals surface area contributed by atoms with E-state index in [1.807, 2.05) is 0 Å². The highest BCUT2D eigenvalue weighted by molar-refractivity contribution is 5.10. The van der Waals surface area contributed by atoms with Crippen LogP contribution < -0.4 is 0 Å². The Morgan fingerprint density at radius 2 is 1.38 bits per heavy atom. The van der Waals surface area contributed by atoms with Gasteiger partial charge in [-0.05, 0) is 123 Å². The van der Waals surface area contributed by atoms with Crippen molar-refractivity contribution in [2.24, 2.45) is 58.7 Å². The summed E-state index contributed by atoms with van der Waals surface area (Å²) >= 11 is 0. The zero-order valence-corrected chi connectivity index (χ0v) is 19.6. The average Bonchev–Trinajstić information content (AvgIpc) is 3.43. The third-order valence-corrected chi connectivity index (χ3v) is 11.2. The molecule has 5 fully saturated rings. The molecule has 0 heteroatoms. The molecule has 0 radical (unpaired) electrons. The van der Waals surface area contributed by atoms with Crippen LogP contribution in [0.15, 0.2) is 12.7 Å². The van der Waals surface area contributed by atoms with E-state index in [1.165, 1.54) is 32.1 Å². The molecule has 5 saturated carbocycles. The van der Waals surface area contributed by atoms with Crippen LogP contribution in [0.25, 0.3) is 0 Å². The van der Waals surface area contributed by atoms with Crippen LogP contribution >= 0.6 is 0 Å². The zero-order chi connectivity index (χ0) is 20.0. The van der Waals surface area contributed by atoms with Crippen molar-refractivity contribution in [1.82, 2.24) is 0 Å². The van der Waals surface area contributed by atoms with Gasteiger partial charge < -0.3 is 0 Å². The molecule has 0 nitrogen and oxygen atoms in total. The van der Waals surface area contributed by atoms with E-state index in [0.717, 1.165) is 58.7 Å². The number of allylic oxidation sites excluding steroid dienone is 1. The van der Waals surface area contributed by atoms with Gasteiger partial charge in [0.05, 0.1) is 0 Å². The summed E-state index contributed by atoms with van der Waals surface area (Å²) in [6.45, 7) is 9.17. The number of hydrogen-bond acceptors (Lipinski definition) is 0. The number of rotatable bonds is 5. The largest absolute Gasteiger partial charge is 0.103 e. The molecule has 0 N–H and O–H groups in total. The molecule has 0 amide bonds. The van der Waals surface area contributed by atoms with E-state index in [4.69, 9.17) is 0 Å². The fourth-order valence-corrected chi connectivity index (χ4v) is 10.2. The SMILES string of the molecule is C=CCCC1CCC(C2(C3C4CC(C)CCC4C4CCC(C)CC43)CCCC2)C1. The molecular formula is C29H48. The van der Waals surface area contributed by atoms with Gasteiger partial charge >= 0.3 is 0 Å². The van der Waals surface area contributed by atoms with Gasteiger partial charge in [-0.3, -0.25) is 0 Å². The van der Waals surface area contributed by atoms with E-state index >= 15 is 0 Å². The van der Waals surface area contributed by atoms with Gasteiger partial charge in [0, 0.05) is 0 Å². The molecule has 29 heavy (non-hydrogen) atoms. The molecule has 0 bridgehead atoms. The summed E-state index contributed by atoms with van der Waals surface area (Å²) in [6.07, 6.45) is 25.2. The summed E-state index contributed by atoms with van der Waals surface area (Å²) in [5.74, 6) is 9.62. The van der Waals surface area contributed by atoms with Crippen LogP contribution in [0.3, 0.4) is 0 Å². The smallest absolute Gasteiger partial charge is 0.0235 e. The Kier molecular flexibility index (Phi) is 5.94. The van der Waals surface area contributed by atoms with Crippen LogP contribution in [0.1, 0.15) is 110 Å². The van der Waals surface area contributed by atoms with Crippen LogP contribution in [0.4, 0.5) is 0 Å². The van der Waals surface area contributed by atoms with Crippen LogP contribution in [-0.4, -0.2) is 0 Å². The van der Waals surface area contributed by atoms with Crippen LogP contribution in [-0.2, 0) is 0 Å². The molecule has 8 atom stereocenters. The molecule has 0 aromatic rings. The fraction of sp³-hybridized carbons (Fsp3) is 0.931. The Hall–Kier alpha value is -0.260. The topological polar surface area (TPSA) is 0 Å². The van der Waals surface area contributed by atoms with Crippen molar-refractivity contribution in [2.75, 3.05) is 0 Å². The summed E-state index contributed by atoms with van der Waals surface area (Å²) < 4.78 is 0. The zero-order valence-electron chi connectivity index (χ0n) is 19.6. The Morgan fingerprint density at radius 3 is 1.97 bits per heavy atom. The average molecular weight is 397 g/mol. The lowest BCUT2D eigenvalue weighted by molar-refractivity contribution is -0.00625. The summed E-state index contributed by atoms with van der Waals surface area (Å²) in [7, 11) is 0. The van der Waals surface area contributed by atoms with Gasteiger partial charge in [0.1, 0.15) is 0 Å². The van der Waals surface area contributed by atoms with Gasteiger partial charge in [-0.25, -0.2) is 0 Å². The highest BCUT2D eigenvalue weighted by atomic mass is 14.7. The number of hydrogen-bond donors (Lipinski definition) is 0. The van der Waals surface area contributed by atoms with Crippen molar-refractivity contribution in [3.05, 3.63) is 12.7 Å². The maximum atomic E-state index is 4.00. The molecular weight excluding hydrogens is 348 g/mol. The second kappa shape index (κ2) is 8.35. The van der Waals surface area contributed by atoms with Gasteiger partial charge in [0.25, 0.3) is 0 Å². The molecule has 0 aromatic carbocycles. The maximum Gasteiger partial charge on any atom is -0.0235 e. The van der Waals surface area contributed by atoms with Crippen molar-refractivity contribution in [3.63, 3.8) is 0 Å². The second-order valence-corrected chi connectivity index (χ2v) is 12.7. The first-order chi connectivity index (χ1) is 14.1. The van der Waals surface area contributed by atoms with Gasteiger partial charge in [0.15, 0.2) is 0 Å². The molecule has 0 aromatic heterocycles. The Morgan fingerprint density at radius 1 is 0.759 bits per heavy atom. The van der Waals surface area contributed by atoms with Crippen molar-refractivity contribution in [1.29, 1.82) is 0 Å². The summed E-state index contributed by atoms with van der Waals surface area (Å²) in [5, 5.41) is 0. The highest BCUT2D eigenvalue weighted by Gasteiger charge is 2.61. The normalized spacial score (nSPS) is 49.0. The minimum absolute atomic E-state index is 0.749. The van der Waals surface area contributed by atoms with E-state index in [-0.39, 0.29) is 0 Å². The predicted octanol–water partition coefficient (Wildman–Crippen LogP) is 8.66. The lowest BCUT2D eigenvalue weighted by Gasteiger charge is -2.49. The molecule has 0 heterocycles. The minimum atomic E-state index is 0.749. The van der Waals surface area contributed by atoms with Crippen molar-refractivity contribution in [3.8, 4) is 0 Å². The second-order valence-electron chi connectivity index (χ2n) is 12.7. The van der Waals surface area contributed by atoms with E-state index in [1.54, 1.807) is 64.2 Å². The van der Waals surface area contributed by atoms with Crippen molar-refractivity contribution in [2.45, 2.75) is 110 Å². The van der Waals surface area contributed by atoms with Crippen LogP contribution in [0.2, 0.25) is 0 Å². The van der Waals surface area contributed by atoms with Gasteiger partial charge in [-0.1, -0.05) is 52.0 Å². The molecule has 5 rings (SSSR count). The third-order valence-electron chi connectivity index (χ3n) is 11.2. The highest BCUT2D eigenvalue weighted by Crippen LogP contribution is 2.69. The molecule has 0 spiro atoms. The molecule has 5 aliphatic carbocycles. The first-order valence-corrected chi connectivity index (χ1v) is 13.7. The molecule has 5 aliphatic rings. The quantitative estimate of drug-likeness (QED) is 0.408. The molecule has 0 aliphatic heterocycles. The third kappa shape index (κ3) is 3.57. The van der Waals surface area contributed by atoms with Crippen LogP contribution in [0, 0.1) is 58.7 Å². The molecule has 8 unspecified atom stereocenters. The van der Waals surface area contributed by atoms with Gasteiger partial charge in [0.2, 0.25) is 0 Å².